The van der Waals surface area contributed by atoms with Gasteiger partial charge in [0, 0.05) is 30.7 Å². The molecule has 1 saturated heterocycles. The first-order valence-corrected chi connectivity index (χ1v) is 7.41. The summed E-state index contributed by atoms with van der Waals surface area (Å²) in [6.45, 7) is 9.49. The number of esters is 1. The lowest BCUT2D eigenvalue weighted by atomic mass is 9.78. The minimum atomic E-state index is -0.275. The second kappa shape index (κ2) is 6.87. The van der Waals surface area contributed by atoms with Gasteiger partial charge in [0.1, 0.15) is 6.61 Å². The van der Waals surface area contributed by atoms with Crippen molar-refractivity contribution in [3.8, 4) is 0 Å². The van der Waals surface area contributed by atoms with Crippen LogP contribution >= 0.6 is 0 Å². The second-order valence-electron chi connectivity index (χ2n) is 6.89. The van der Waals surface area contributed by atoms with Crippen LogP contribution in [0.5, 0.6) is 0 Å². The predicted molar refractivity (Wildman–Crippen MR) is 77.4 cm³/mol. The number of piperidine rings is 1. The summed E-state index contributed by atoms with van der Waals surface area (Å²) in [5.74, 6) is -0.258. The van der Waals surface area contributed by atoms with Crippen molar-refractivity contribution >= 4 is 5.97 Å². The zero-order valence-corrected chi connectivity index (χ0v) is 13.2. The molecule has 5 heteroatoms. The van der Waals surface area contributed by atoms with Gasteiger partial charge in [-0.05, 0) is 47.0 Å². The monoisotopic (exact) mass is 287 g/mol. The maximum absolute atomic E-state index is 11.4. The number of carbonyl (C=O) groups is 1. The summed E-state index contributed by atoms with van der Waals surface area (Å²) in [5.41, 5.74) is -0.225. The average molecular weight is 287 g/mol. The number of carbonyl (C=O) groups excluding carboxylic acids is 1. The molecule has 0 aromatic rings. The van der Waals surface area contributed by atoms with Gasteiger partial charge in [-0.3, -0.25) is 9.69 Å². The molecule has 2 N–H and O–H groups in total. The highest BCUT2D eigenvalue weighted by atomic mass is 16.5. The van der Waals surface area contributed by atoms with Gasteiger partial charge in [0.2, 0.25) is 0 Å². The Morgan fingerprint density at radius 2 is 1.80 bits per heavy atom. The van der Waals surface area contributed by atoms with Crippen molar-refractivity contribution in [3.63, 3.8) is 0 Å². The van der Waals surface area contributed by atoms with Crippen LogP contribution in [0.15, 0.2) is 0 Å². The van der Waals surface area contributed by atoms with Gasteiger partial charge >= 0.3 is 5.97 Å². The zero-order valence-electron chi connectivity index (χ0n) is 13.2. The van der Waals surface area contributed by atoms with E-state index in [1.807, 2.05) is 0 Å². The van der Waals surface area contributed by atoms with Gasteiger partial charge in [0.25, 0.3) is 0 Å². The molecule has 118 valence electrons. The molecule has 0 bridgehead atoms. The van der Waals surface area contributed by atoms with E-state index < -0.39 is 0 Å². The summed E-state index contributed by atoms with van der Waals surface area (Å²) in [6, 6.07) is 0. The van der Waals surface area contributed by atoms with Crippen molar-refractivity contribution in [1.29, 1.82) is 0 Å². The molecule has 0 unspecified atom stereocenters. The lowest BCUT2D eigenvalue weighted by Gasteiger charge is -2.54. The summed E-state index contributed by atoms with van der Waals surface area (Å²) in [5, 5.41) is 18.6. The van der Waals surface area contributed by atoms with Crippen molar-refractivity contribution in [2.45, 2.75) is 70.6 Å². The standard InChI is InChI=1S/C15H29NO4/c1-14(2)10-12(18)11-15(3,4)16(14)7-9-20-13(19)6-5-8-17/h12,17-18H,5-11H2,1-4H3. The van der Waals surface area contributed by atoms with E-state index >= 15 is 0 Å². The number of aliphatic hydroxyl groups excluding tert-OH is 2. The molecule has 0 radical (unpaired) electrons. The number of ether oxygens (including phenoxy) is 1. The third-order valence-corrected chi connectivity index (χ3v) is 4.05. The molecule has 0 spiro atoms. The van der Waals surface area contributed by atoms with Gasteiger partial charge in [0.05, 0.1) is 6.10 Å². The van der Waals surface area contributed by atoms with Crippen LogP contribution in [0.25, 0.3) is 0 Å². The third kappa shape index (κ3) is 4.72. The van der Waals surface area contributed by atoms with Gasteiger partial charge in [-0.25, -0.2) is 0 Å². The van der Waals surface area contributed by atoms with Crippen molar-refractivity contribution in [2.75, 3.05) is 19.8 Å². The maximum atomic E-state index is 11.4. The minimum absolute atomic E-state index is 0.0131. The number of hydrogen-bond donors (Lipinski definition) is 2. The molecular weight excluding hydrogens is 258 g/mol. The lowest BCUT2D eigenvalue weighted by Crippen LogP contribution is -2.62. The average Bonchev–Trinajstić information content (AvgIpc) is 2.28. The fourth-order valence-corrected chi connectivity index (χ4v) is 3.42. The molecule has 1 fully saturated rings. The minimum Gasteiger partial charge on any atom is -0.464 e. The molecule has 1 rings (SSSR count). The summed E-state index contributed by atoms with van der Waals surface area (Å²) in [6.07, 6.45) is 1.90. The van der Waals surface area contributed by atoms with E-state index in [9.17, 15) is 9.90 Å². The smallest absolute Gasteiger partial charge is 0.305 e. The highest BCUT2D eigenvalue weighted by Crippen LogP contribution is 2.37. The fourth-order valence-electron chi connectivity index (χ4n) is 3.42. The molecule has 1 aliphatic rings. The van der Waals surface area contributed by atoms with Crippen LogP contribution in [0.2, 0.25) is 0 Å². The van der Waals surface area contributed by atoms with E-state index in [0.717, 1.165) is 12.8 Å². The van der Waals surface area contributed by atoms with E-state index in [4.69, 9.17) is 9.84 Å². The van der Waals surface area contributed by atoms with Crippen molar-refractivity contribution < 1.29 is 19.7 Å². The number of likely N-dealkylation sites (tertiary alicyclic amines) is 1. The van der Waals surface area contributed by atoms with Gasteiger partial charge < -0.3 is 14.9 Å². The predicted octanol–water partition coefficient (Wildman–Crippen LogP) is 1.32. The number of nitrogens with zero attached hydrogens (tertiary/aromatic N) is 1. The molecule has 1 heterocycles. The van der Waals surface area contributed by atoms with E-state index in [-0.39, 0.29) is 36.2 Å². The van der Waals surface area contributed by atoms with Gasteiger partial charge in [-0.1, -0.05) is 0 Å². The van der Waals surface area contributed by atoms with E-state index in [0.29, 0.717) is 19.6 Å². The van der Waals surface area contributed by atoms with Crippen LogP contribution < -0.4 is 0 Å². The molecule has 5 nitrogen and oxygen atoms in total. The highest BCUT2D eigenvalue weighted by molar-refractivity contribution is 5.69. The molecule has 0 aromatic heterocycles. The Balaban J connectivity index is 2.50. The van der Waals surface area contributed by atoms with E-state index in [2.05, 4.69) is 32.6 Å². The van der Waals surface area contributed by atoms with Crippen LogP contribution in [0.1, 0.15) is 53.4 Å². The first-order chi connectivity index (χ1) is 9.19. The molecule has 1 aliphatic heterocycles. The Labute approximate surface area is 121 Å². The Morgan fingerprint density at radius 3 is 2.30 bits per heavy atom. The van der Waals surface area contributed by atoms with Crippen molar-refractivity contribution in [2.24, 2.45) is 0 Å². The van der Waals surface area contributed by atoms with Crippen LogP contribution in [0, 0.1) is 0 Å². The van der Waals surface area contributed by atoms with Crippen molar-refractivity contribution in [3.05, 3.63) is 0 Å². The quantitative estimate of drug-likeness (QED) is 0.721. The Bertz CT molecular complexity index is 310. The van der Waals surface area contributed by atoms with Crippen LogP contribution in [-0.2, 0) is 9.53 Å². The molecule has 20 heavy (non-hydrogen) atoms. The normalized spacial score (nSPS) is 22.7. The second-order valence-corrected chi connectivity index (χ2v) is 6.89. The summed E-state index contributed by atoms with van der Waals surface area (Å²) < 4.78 is 5.21. The molecule has 0 saturated carbocycles. The van der Waals surface area contributed by atoms with Crippen LogP contribution in [-0.4, -0.2) is 58.0 Å². The Morgan fingerprint density at radius 1 is 1.25 bits per heavy atom. The largest absolute Gasteiger partial charge is 0.464 e. The third-order valence-electron chi connectivity index (χ3n) is 4.05. The zero-order chi connectivity index (χ0) is 15.4. The SMILES string of the molecule is CC1(C)CC(O)CC(C)(C)N1CCOC(=O)CCCO. The van der Waals surface area contributed by atoms with E-state index in [1.165, 1.54) is 0 Å². The summed E-state index contributed by atoms with van der Waals surface area (Å²) in [7, 11) is 0. The molecule has 0 atom stereocenters. The number of rotatable bonds is 6. The molecule has 0 aliphatic carbocycles. The highest BCUT2D eigenvalue weighted by Gasteiger charge is 2.44. The van der Waals surface area contributed by atoms with Gasteiger partial charge in [0.15, 0.2) is 0 Å². The maximum Gasteiger partial charge on any atom is 0.305 e. The Kier molecular flexibility index (Phi) is 5.98. The summed E-state index contributed by atoms with van der Waals surface area (Å²) in [4.78, 5) is 13.7. The van der Waals surface area contributed by atoms with Gasteiger partial charge in [-0.15, -0.1) is 0 Å². The lowest BCUT2D eigenvalue weighted by molar-refractivity contribution is -0.147. The van der Waals surface area contributed by atoms with Gasteiger partial charge in [-0.2, -0.15) is 0 Å². The summed E-state index contributed by atoms with van der Waals surface area (Å²) >= 11 is 0. The molecule has 0 amide bonds. The van der Waals surface area contributed by atoms with E-state index in [1.54, 1.807) is 0 Å². The Hall–Kier alpha value is -0.650. The first kappa shape index (κ1) is 17.4. The fraction of sp³-hybridized carbons (Fsp3) is 0.933. The first-order valence-electron chi connectivity index (χ1n) is 7.41. The topological polar surface area (TPSA) is 70.0 Å². The molecular formula is C15H29NO4. The number of aliphatic hydroxyl groups is 2. The van der Waals surface area contributed by atoms with Crippen LogP contribution in [0.4, 0.5) is 0 Å². The number of hydrogen-bond acceptors (Lipinski definition) is 5. The van der Waals surface area contributed by atoms with Crippen molar-refractivity contribution in [1.82, 2.24) is 4.90 Å². The molecule has 0 aromatic carbocycles. The van der Waals surface area contributed by atoms with Crippen LogP contribution in [0.3, 0.4) is 0 Å².